The Bertz CT molecular complexity index is 578. The van der Waals surface area contributed by atoms with E-state index in [4.69, 9.17) is 10.5 Å². The van der Waals surface area contributed by atoms with Crippen LogP contribution in [-0.4, -0.2) is 54.8 Å². The molecule has 0 atom stereocenters. The number of primary amides is 1. The van der Waals surface area contributed by atoms with Crippen molar-refractivity contribution in [2.24, 2.45) is 16.6 Å². The molecule has 0 fully saturated rings. The third-order valence-corrected chi connectivity index (χ3v) is 3.87. The zero-order chi connectivity index (χ0) is 20.0. The predicted molar refractivity (Wildman–Crippen MR) is 95.7 cm³/mol. The molecule has 0 radical (unpaired) electrons. The van der Waals surface area contributed by atoms with Crippen LogP contribution in [0.2, 0.25) is 0 Å². The van der Waals surface area contributed by atoms with Crippen LogP contribution in [0, 0.1) is 10.8 Å². The van der Waals surface area contributed by atoms with Crippen LogP contribution in [0.25, 0.3) is 0 Å². The van der Waals surface area contributed by atoms with E-state index in [-0.39, 0.29) is 42.0 Å². The molecular formula is C18H29N3O5. The van der Waals surface area contributed by atoms with Crippen LogP contribution in [0.5, 0.6) is 0 Å². The fourth-order valence-corrected chi connectivity index (χ4v) is 2.47. The molecule has 1 heterocycles. The van der Waals surface area contributed by atoms with E-state index in [2.05, 4.69) is 5.32 Å². The number of nitrogens with zero attached hydrogens (tertiary/aromatic N) is 1. The van der Waals surface area contributed by atoms with Crippen LogP contribution in [-0.2, 0) is 23.9 Å². The first-order valence-corrected chi connectivity index (χ1v) is 8.58. The van der Waals surface area contributed by atoms with Crippen molar-refractivity contribution in [2.75, 3.05) is 26.3 Å². The van der Waals surface area contributed by atoms with Gasteiger partial charge in [-0.15, -0.1) is 0 Å². The standard InChI is InChI=1S/C18H29N3O5/c1-17(2,9-13(19)22)11-26-12-18(3,4)10-20-14(23)7-8-21-15(24)5-6-16(21)25/h5-6H,7-12H2,1-4H3,(H2,19,22)(H,20,23). The monoisotopic (exact) mass is 367 g/mol. The molecule has 0 saturated carbocycles. The normalized spacial score (nSPS) is 14.8. The Labute approximate surface area is 154 Å². The molecule has 4 amide bonds. The number of rotatable bonds is 11. The first-order valence-electron chi connectivity index (χ1n) is 8.58. The van der Waals surface area contributed by atoms with E-state index in [1.54, 1.807) is 0 Å². The molecule has 1 rings (SSSR count). The van der Waals surface area contributed by atoms with E-state index in [0.717, 1.165) is 4.90 Å². The SMILES string of the molecule is CC(C)(CNC(=O)CCN1C(=O)C=CC1=O)COCC(C)(C)CC(N)=O. The van der Waals surface area contributed by atoms with Gasteiger partial charge in [0, 0.05) is 43.5 Å². The Morgan fingerprint density at radius 1 is 1.08 bits per heavy atom. The Hall–Kier alpha value is -2.22. The molecule has 26 heavy (non-hydrogen) atoms. The van der Waals surface area contributed by atoms with Gasteiger partial charge in [-0.25, -0.2) is 0 Å². The molecule has 0 saturated heterocycles. The lowest BCUT2D eigenvalue weighted by Gasteiger charge is -2.28. The van der Waals surface area contributed by atoms with Gasteiger partial charge in [-0.2, -0.15) is 0 Å². The van der Waals surface area contributed by atoms with Crippen molar-refractivity contribution in [3.63, 3.8) is 0 Å². The minimum absolute atomic E-state index is 0.0573. The van der Waals surface area contributed by atoms with Gasteiger partial charge in [0.25, 0.3) is 11.8 Å². The number of carbonyl (C=O) groups excluding carboxylic acids is 4. The van der Waals surface area contributed by atoms with Gasteiger partial charge in [-0.1, -0.05) is 27.7 Å². The summed E-state index contributed by atoms with van der Waals surface area (Å²) in [5.74, 6) is -1.39. The van der Waals surface area contributed by atoms with Gasteiger partial charge in [0.15, 0.2) is 0 Å². The highest BCUT2D eigenvalue weighted by molar-refractivity contribution is 6.13. The van der Waals surface area contributed by atoms with E-state index in [0.29, 0.717) is 19.8 Å². The molecule has 3 N–H and O–H groups in total. The highest BCUT2D eigenvalue weighted by Gasteiger charge is 2.26. The number of nitrogens with one attached hydrogen (secondary N) is 1. The van der Waals surface area contributed by atoms with Crippen LogP contribution in [0.15, 0.2) is 12.2 Å². The molecule has 8 heteroatoms. The molecule has 0 aromatic rings. The summed E-state index contributed by atoms with van der Waals surface area (Å²) in [6.07, 6.45) is 2.69. The van der Waals surface area contributed by atoms with Gasteiger partial charge in [-0.05, 0) is 5.41 Å². The number of carbonyl (C=O) groups is 4. The second-order valence-electron chi connectivity index (χ2n) is 8.15. The molecule has 8 nitrogen and oxygen atoms in total. The van der Waals surface area contributed by atoms with Gasteiger partial charge in [0.1, 0.15) is 0 Å². The number of nitrogens with two attached hydrogens (primary N) is 1. The maximum absolute atomic E-state index is 11.9. The van der Waals surface area contributed by atoms with E-state index >= 15 is 0 Å². The van der Waals surface area contributed by atoms with Crippen molar-refractivity contribution in [2.45, 2.75) is 40.5 Å². The molecule has 0 spiro atoms. The Morgan fingerprint density at radius 2 is 1.62 bits per heavy atom. The van der Waals surface area contributed by atoms with Gasteiger partial charge in [0.05, 0.1) is 13.2 Å². The summed E-state index contributed by atoms with van der Waals surface area (Å²) in [7, 11) is 0. The summed E-state index contributed by atoms with van der Waals surface area (Å²) in [4.78, 5) is 46.8. The molecule has 1 aliphatic rings. The zero-order valence-electron chi connectivity index (χ0n) is 16.0. The van der Waals surface area contributed by atoms with Crippen LogP contribution in [0.4, 0.5) is 0 Å². The Morgan fingerprint density at radius 3 is 2.15 bits per heavy atom. The third-order valence-electron chi connectivity index (χ3n) is 3.87. The fraction of sp³-hybridized carbons (Fsp3) is 0.667. The maximum atomic E-state index is 11.9. The number of imide groups is 1. The van der Waals surface area contributed by atoms with Crippen LogP contribution in [0.3, 0.4) is 0 Å². The largest absolute Gasteiger partial charge is 0.380 e. The van der Waals surface area contributed by atoms with Gasteiger partial charge in [0.2, 0.25) is 11.8 Å². The smallest absolute Gasteiger partial charge is 0.253 e. The number of amides is 4. The molecule has 1 aliphatic heterocycles. The van der Waals surface area contributed by atoms with Gasteiger partial charge >= 0.3 is 0 Å². The second-order valence-corrected chi connectivity index (χ2v) is 8.15. The molecule has 0 bridgehead atoms. The molecular weight excluding hydrogens is 338 g/mol. The number of hydrogen-bond acceptors (Lipinski definition) is 5. The van der Waals surface area contributed by atoms with Crippen molar-refractivity contribution in [1.29, 1.82) is 0 Å². The lowest BCUT2D eigenvalue weighted by atomic mass is 9.89. The number of hydrogen-bond donors (Lipinski definition) is 2. The molecule has 0 aromatic heterocycles. The Kier molecular flexibility index (Phi) is 7.50. The van der Waals surface area contributed by atoms with Gasteiger partial charge in [-0.3, -0.25) is 24.1 Å². The van der Waals surface area contributed by atoms with E-state index in [1.165, 1.54) is 12.2 Å². The lowest BCUT2D eigenvalue weighted by Crippen LogP contribution is -2.39. The summed E-state index contributed by atoms with van der Waals surface area (Å²) < 4.78 is 5.70. The minimum Gasteiger partial charge on any atom is -0.380 e. The van der Waals surface area contributed by atoms with Crippen molar-refractivity contribution >= 4 is 23.6 Å². The van der Waals surface area contributed by atoms with Crippen molar-refractivity contribution < 1.29 is 23.9 Å². The molecule has 0 unspecified atom stereocenters. The minimum atomic E-state index is -0.393. The first-order chi connectivity index (χ1) is 11.9. The average Bonchev–Trinajstić information content (AvgIpc) is 2.80. The summed E-state index contributed by atoms with van der Waals surface area (Å²) in [5.41, 5.74) is 4.57. The van der Waals surface area contributed by atoms with Crippen molar-refractivity contribution in [3.05, 3.63) is 12.2 Å². The molecule has 0 aromatic carbocycles. The zero-order valence-corrected chi connectivity index (χ0v) is 16.0. The maximum Gasteiger partial charge on any atom is 0.253 e. The lowest BCUT2D eigenvalue weighted by molar-refractivity contribution is -0.137. The molecule has 146 valence electrons. The van der Waals surface area contributed by atoms with Crippen molar-refractivity contribution in [1.82, 2.24) is 10.2 Å². The summed E-state index contributed by atoms with van der Waals surface area (Å²) >= 11 is 0. The van der Waals surface area contributed by atoms with Crippen LogP contribution < -0.4 is 11.1 Å². The third kappa shape index (κ3) is 7.77. The van der Waals surface area contributed by atoms with E-state index < -0.39 is 11.8 Å². The van der Waals surface area contributed by atoms with Crippen LogP contribution >= 0.6 is 0 Å². The number of ether oxygens (including phenoxy) is 1. The first kappa shape index (κ1) is 21.8. The predicted octanol–water partition coefficient (Wildman–Crippen LogP) is 0.362. The summed E-state index contributed by atoms with van der Waals surface area (Å²) in [6, 6.07) is 0. The topological polar surface area (TPSA) is 119 Å². The summed E-state index contributed by atoms with van der Waals surface area (Å²) in [5, 5.41) is 2.79. The highest BCUT2D eigenvalue weighted by atomic mass is 16.5. The quantitative estimate of drug-likeness (QED) is 0.511. The summed E-state index contributed by atoms with van der Waals surface area (Å²) in [6.45, 7) is 8.96. The van der Waals surface area contributed by atoms with E-state index in [9.17, 15) is 19.2 Å². The molecule has 0 aliphatic carbocycles. The highest BCUT2D eigenvalue weighted by Crippen LogP contribution is 2.22. The second kappa shape index (κ2) is 8.93. The average molecular weight is 367 g/mol. The van der Waals surface area contributed by atoms with Gasteiger partial charge < -0.3 is 15.8 Å². The Balaban J connectivity index is 2.29. The fourth-order valence-electron chi connectivity index (χ4n) is 2.47. The van der Waals surface area contributed by atoms with Crippen molar-refractivity contribution in [3.8, 4) is 0 Å². The van der Waals surface area contributed by atoms with E-state index in [1.807, 2.05) is 27.7 Å². The van der Waals surface area contributed by atoms with Crippen LogP contribution in [0.1, 0.15) is 40.5 Å².